The van der Waals surface area contributed by atoms with Crippen molar-refractivity contribution in [3.05, 3.63) is 48.0 Å². The first-order valence-electron chi connectivity index (χ1n) is 5.34. The Kier molecular flexibility index (Phi) is 4.53. The molecule has 1 unspecified atom stereocenters. The maximum Gasteiger partial charge on any atom is 0.0524 e. The zero-order valence-electron chi connectivity index (χ0n) is 9.61. The summed E-state index contributed by atoms with van der Waals surface area (Å²) in [6.07, 6.45) is 1.94. The first-order chi connectivity index (χ1) is 7.15. The molecule has 0 aliphatic carbocycles. The Morgan fingerprint density at radius 3 is 2.47 bits per heavy atom. The van der Waals surface area contributed by atoms with E-state index in [1.165, 1.54) is 11.1 Å². The molecule has 0 radical (unpaired) electrons. The molecule has 1 atom stereocenters. The van der Waals surface area contributed by atoms with Gasteiger partial charge in [-0.3, -0.25) is 5.84 Å². The number of nitrogens with zero attached hydrogens (tertiary/aromatic N) is 1. The Morgan fingerprint density at radius 1 is 1.40 bits per heavy atom. The topological polar surface area (TPSA) is 29.3 Å². The second-order valence-electron chi connectivity index (χ2n) is 3.90. The third kappa shape index (κ3) is 3.50. The number of nitrogens with two attached hydrogens (primary N) is 1. The Bertz CT molecular complexity index is 304. The first-order valence-corrected chi connectivity index (χ1v) is 5.34. The van der Waals surface area contributed by atoms with Crippen LogP contribution in [0.25, 0.3) is 0 Å². The van der Waals surface area contributed by atoms with E-state index in [0.717, 1.165) is 12.8 Å². The normalized spacial score (nSPS) is 12.8. The maximum absolute atomic E-state index is 5.86. The molecule has 2 heteroatoms. The van der Waals surface area contributed by atoms with Crippen molar-refractivity contribution in [1.29, 1.82) is 0 Å². The van der Waals surface area contributed by atoms with Crippen LogP contribution in [0.3, 0.4) is 0 Å². The highest BCUT2D eigenvalue weighted by Crippen LogP contribution is 2.24. The highest BCUT2D eigenvalue weighted by atomic mass is 15.4. The van der Waals surface area contributed by atoms with Gasteiger partial charge in [-0.15, -0.1) is 0 Å². The molecule has 1 aromatic carbocycles. The number of hydrogen-bond acceptors (Lipinski definition) is 2. The Morgan fingerprint density at radius 2 is 2.00 bits per heavy atom. The van der Waals surface area contributed by atoms with Crippen LogP contribution in [0.15, 0.2) is 42.5 Å². The third-order valence-corrected chi connectivity index (χ3v) is 2.66. The summed E-state index contributed by atoms with van der Waals surface area (Å²) in [5, 5.41) is 1.76. The lowest BCUT2D eigenvalue weighted by Crippen LogP contribution is -2.31. The van der Waals surface area contributed by atoms with Gasteiger partial charge in [0.1, 0.15) is 0 Å². The summed E-state index contributed by atoms with van der Waals surface area (Å²) >= 11 is 0. The molecule has 0 aliphatic heterocycles. The third-order valence-electron chi connectivity index (χ3n) is 2.66. The summed E-state index contributed by atoms with van der Waals surface area (Å²) in [6, 6.07) is 10.6. The van der Waals surface area contributed by atoms with Crippen LogP contribution in [0.1, 0.15) is 31.4 Å². The van der Waals surface area contributed by atoms with Gasteiger partial charge in [0, 0.05) is 7.05 Å². The van der Waals surface area contributed by atoms with Gasteiger partial charge >= 0.3 is 0 Å². The molecule has 0 amide bonds. The molecule has 0 saturated heterocycles. The number of hydrazine groups is 1. The molecule has 15 heavy (non-hydrogen) atoms. The molecular weight excluding hydrogens is 184 g/mol. The second-order valence-corrected chi connectivity index (χ2v) is 3.90. The van der Waals surface area contributed by atoms with E-state index in [1.807, 2.05) is 25.2 Å². The van der Waals surface area contributed by atoms with Crippen molar-refractivity contribution < 1.29 is 0 Å². The van der Waals surface area contributed by atoms with Crippen molar-refractivity contribution in [1.82, 2.24) is 5.01 Å². The molecule has 0 bridgehead atoms. The van der Waals surface area contributed by atoms with Crippen molar-refractivity contribution in [2.75, 3.05) is 7.05 Å². The van der Waals surface area contributed by atoms with E-state index in [2.05, 4.69) is 25.6 Å². The van der Waals surface area contributed by atoms with Crippen LogP contribution in [0.2, 0.25) is 0 Å². The molecule has 0 aliphatic rings. The smallest absolute Gasteiger partial charge is 0.0524 e. The molecule has 82 valence electrons. The van der Waals surface area contributed by atoms with Crippen LogP contribution in [-0.2, 0) is 0 Å². The predicted molar refractivity (Wildman–Crippen MR) is 65.2 cm³/mol. The summed E-state index contributed by atoms with van der Waals surface area (Å²) in [4.78, 5) is 0. The Balaban J connectivity index is 2.79. The molecule has 0 fully saturated rings. The van der Waals surface area contributed by atoms with Gasteiger partial charge in [0.05, 0.1) is 6.04 Å². The van der Waals surface area contributed by atoms with Crippen molar-refractivity contribution in [2.45, 2.75) is 25.8 Å². The summed E-state index contributed by atoms with van der Waals surface area (Å²) in [6.45, 7) is 6.16. The average Bonchev–Trinajstić information content (AvgIpc) is 2.26. The fourth-order valence-corrected chi connectivity index (χ4v) is 1.59. The van der Waals surface area contributed by atoms with Crippen LogP contribution < -0.4 is 5.84 Å². The summed E-state index contributed by atoms with van der Waals surface area (Å²) in [5.41, 5.74) is 2.48. The van der Waals surface area contributed by atoms with Crippen molar-refractivity contribution in [3.63, 3.8) is 0 Å². The molecule has 2 nitrogen and oxygen atoms in total. The predicted octanol–water partition coefficient (Wildman–Crippen LogP) is 2.89. The molecular formula is C13H20N2. The van der Waals surface area contributed by atoms with Crippen molar-refractivity contribution in [3.8, 4) is 0 Å². The lowest BCUT2D eigenvalue weighted by Gasteiger charge is -2.24. The Labute approximate surface area is 92.4 Å². The van der Waals surface area contributed by atoms with Crippen LogP contribution >= 0.6 is 0 Å². The van der Waals surface area contributed by atoms with Crippen molar-refractivity contribution in [2.24, 2.45) is 5.84 Å². The lowest BCUT2D eigenvalue weighted by molar-refractivity contribution is 0.249. The summed E-state index contributed by atoms with van der Waals surface area (Å²) in [7, 11) is 1.90. The Hall–Kier alpha value is -1.12. The first kappa shape index (κ1) is 12.0. The van der Waals surface area contributed by atoms with E-state index in [1.54, 1.807) is 5.01 Å². The highest BCUT2D eigenvalue weighted by Gasteiger charge is 2.14. The quantitative estimate of drug-likeness (QED) is 0.454. The minimum atomic E-state index is 0.235. The molecule has 2 N–H and O–H groups in total. The number of benzene rings is 1. The standard InChI is InChI=1S/C13H20N2/c1-4-11(2)10-13(15(3)14)12-8-6-5-7-9-12/h5-9,13H,2,4,10,14H2,1,3H3. The van der Waals surface area contributed by atoms with E-state index in [-0.39, 0.29) is 6.04 Å². The highest BCUT2D eigenvalue weighted by molar-refractivity contribution is 5.20. The number of rotatable bonds is 5. The fraction of sp³-hybridized carbons (Fsp3) is 0.385. The molecule has 0 saturated carbocycles. The molecule has 1 aromatic rings. The average molecular weight is 204 g/mol. The van der Waals surface area contributed by atoms with Gasteiger partial charge in [-0.1, -0.05) is 49.4 Å². The molecule has 0 aromatic heterocycles. The van der Waals surface area contributed by atoms with Crippen LogP contribution in [0, 0.1) is 0 Å². The minimum Gasteiger partial charge on any atom is -0.268 e. The van der Waals surface area contributed by atoms with Crippen LogP contribution in [0.4, 0.5) is 0 Å². The van der Waals surface area contributed by atoms with Crippen molar-refractivity contribution >= 4 is 0 Å². The van der Waals surface area contributed by atoms with E-state index >= 15 is 0 Å². The van der Waals surface area contributed by atoms with Gasteiger partial charge in [-0.05, 0) is 18.4 Å². The van der Waals surface area contributed by atoms with Gasteiger partial charge in [-0.2, -0.15) is 0 Å². The largest absolute Gasteiger partial charge is 0.268 e. The van der Waals surface area contributed by atoms with Gasteiger partial charge < -0.3 is 0 Å². The number of hydrogen-bond donors (Lipinski definition) is 1. The monoisotopic (exact) mass is 204 g/mol. The van der Waals surface area contributed by atoms with Crippen LogP contribution in [-0.4, -0.2) is 12.1 Å². The molecule has 1 rings (SSSR count). The fourth-order valence-electron chi connectivity index (χ4n) is 1.59. The summed E-state index contributed by atoms with van der Waals surface area (Å²) in [5.74, 6) is 5.86. The van der Waals surface area contributed by atoms with Gasteiger partial charge in [0.15, 0.2) is 0 Å². The SMILES string of the molecule is C=C(CC)CC(c1ccccc1)N(C)N. The van der Waals surface area contributed by atoms with Gasteiger partial charge in [0.2, 0.25) is 0 Å². The van der Waals surface area contributed by atoms with Gasteiger partial charge in [-0.25, -0.2) is 5.01 Å². The molecule has 0 spiro atoms. The minimum absolute atomic E-state index is 0.235. The zero-order chi connectivity index (χ0) is 11.3. The summed E-state index contributed by atoms with van der Waals surface area (Å²) < 4.78 is 0. The van der Waals surface area contributed by atoms with Crippen LogP contribution in [0.5, 0.6) is 0 Å². The maximum atomic E-state index is 5.86. The van der Waals surface area contributed by atoms with E-state index in [0.29, 0.717) is 0 Å². The second kappa shape index (κ2) is 5.69. The van der Waals surface area contributed by atoms with Gasteiger partial charge in [0.25, 0.3) is 0 Å². The zero-order valence-corrected chi connectivity index (χ0v) is 9.61. The van der Waals surface area contributed by atoms with E-state index in [4.69, 9.17) is 5.84 Å². The lowest BCUT2D eigenvalue weighted by atomic mass is 9.98. The van der Waals surface area contributed by atoms with E-state index in [9.17, 15) is 0 Å². The van der Waals surface area contributed by atoms with E-state index < -0.39 is 0 Å². The molecule has 0 heterocycles.